The highest BCUT2D eigenvalue weighted by atomic mass is 19.1. The predicted octanol–water partition coefficient (Wildman–Crippen LogP) is 1.82. The van der Waals surface area contributed by atoms with Crippen molar-refractivity contribution < 1.29 is 19.0 Å². The molecule has 0 fully saturated rings. The number of ether oxygens (including phenoxy) is 1. The summed E-state index contributed by atoms with van der Waals surface area (Å²) >= 11 is 0. The van der Waals surface area contributed by atoms with Crippen LogP contribution in [0.2, 0.25) is 0 Å². The van der Waals surface area contributed by atoms with E-state index in [1.165, 1.54) is 29.2 Å². The van der Waals surface area contributed by atoms with Gasteiger partial charge in [-0.2, -0.15) is 0 Å². The van der Waals surface area contributed by atoms with Gasteiger partial charge >= 0.3 is 0 Å². The third-order valence-corrected chi connectivity index (χ3v) is 2.47. The van der Waals surface area contributed by atoms with Crippen LogP contribution in [0.15, 0.2) is 24.3 Å². The Labute approximate surface area is 112 Å². The summed E-state index contributed by atoms with van der Waals surface area (Å²) in [5.41, 5.74) is -0.958. The van der Waals surface area contributed by atoms with E-state index < -0.39 is 11.7 Å². The van der Waals surface area contributed by atoms with Crippen LogP contribution in [0, 0.1) is 5.82 Å². The predicted molar refractivity (Wildman–Crippen MR) is 70.4 cm³/mol. The van der Waals surface area contributed by atoms with Gasteiger partial charge in [-0.3, -0.25) is 4.79 Å². The number of carbonyl (C=O) groups excluding carboxylic acids is 1. The molecule has 106 valence electrons. The molecule has 1 aromatic rings. The Hall–Kier alpha value is -1.62. The molecule has 0 aliphatic heterocycles. The molecule has 1 unspecified atom stereocenters. The van der Waals surface area contributed by atoms with E-state index in [2.05, 4.69) is 0 Å². The van der Waals surface area contributed by atoms with E-state index in [4.69, 9.17) is 4.74 Å². The quantitative estimate of drug-likeness (QED) is 0.887. The van der Waals surface area contributed by atoms with Gasteiger partial charge in [-0.25, -0.2) is 4.39 Å². The summed E-state index contributed by atoms with van der Waals surface area (Å²) in [5.74, 6) is -0.171. The Morgan fingerprint density at radius 3 is 2.42 bits per heavy atom. The molecule has 1 atom stereocenters. The van der Waals surface area contributed by atoms with Gasteiger partial charge in [-0.05, 0) is 45.0 Å². The maximum Gasteiger partial charge on any atom is 0.263 e. The molecule has 0 saturated heterocycles. The molecule has 1 aromatic carbocycles. The van der Waals surface area contributed by atoms with Gasteiger partial charge in [0.2, 0.25) is 0 Å². The average Bonchev–Trinajstić information content (AvgIpc) is 2.28. The van der Waals surface area contributed by atoms with Crippen LogP contribution in [-0.4, -0.2) is 41.2 Å². The molecule has 0 saturated carbocycles. The highest BCUT2D eigenvalue weighted by Crippen LogP contribution is 2.14. The first-order valence-corrected chi connectivity index (χ1v) is 6.08. The number of aliphatic hydroxyl groups is 1. The second-order valence-electron chi connectivity index (χ2n) is 5.22. The zero-order valence-electron chi connectivity index (χ0n) is 11.7. The van der Waals surface area contributed by atoms with E-state index in [1.54, 1.807) is 27.8 Å². The van der Waals surface area contributed by atoms with Crippen LogP contribution in [0.1, 0.15) is 20.8 Å². The SMILES string of the molecule is CC(Oc1ccc(F)cc1)C(=O)N(C)CC(C)(C)O. The number of halogens is 1. The molecule has 1 N–H and O–H groups in total. The number of carbonyl (C=O) groups is 1. The number of rotatable bonds is 5. The number of nitrogens with zero attached hydrogens (tertiary/aromatic N) is 1. The van der Waals surface area contributed by atoms with Crippen molar-refractivity contribution in [2.75, 3.05) is 13.6 Å². The summed E-state index contributed by atoms with van der Waals surface area (Å²) in [7, 11) is 1.60. The van der Waals surface area contributed by atoms with Crippen LogP contribution in [0.4, 0.5) is 4.39 Å². The van der Waals surface area contributed by atoms with Crippen molar-refractivity contribution in [2.24, 2.45) is 0 Å². The Bertz CT molecular complexity index is 425. The Kier molecular flexibility index (Phi) is 4.89. The van der Waals surface area contributed by atoms with Crippen molar-refractivity contribution in [3.63, 3.8) is 0 Å². The van der Waals surface area contributed by atoms with Crippen LogP contribution < -0.4 is 4.74 Å². The number of benzene rings is 1. The van der Waals surface area contributed by atoms with Gasteiger partial charge in [0.1, 0.15) is 11.6 Å². The summed E-state index contributed by atoms with van der Waals surface area (Å²) in [5, 5.41) is 9.66. The molecule has 0 heterocycles. The summed E-state index contributed by atoms with van der Waals surface area (Å²) < 4.78 is 18.2. The molecule has 0 aromatic heterocycles. The van der Waals surface area contributed by atoms with Crippen LogP contribution in [0.3, 0.4) is 0 Å². The molecule has 1 rings (SSSR count). The highest BCUT2D eigenvalue weighted by Gasteiger charge is 2.24. The molecular formula is C14H20FNO3. The summed E-state index contributed by atoms with van der Waals surface area (Å²) in [6, 6.07) is 5.48. The van der Waals surface area contributed by atoms with Crippen molar-refractivity contribution in [2.45, 2.75) is 32.5 Å². The fourth-order valence-electron chi connectivity index (χ4n) is 1.74. The lowest BCUT2D eigenvalue weighted by atomic mass is 10.1. The summed E-state index contributed by atoms with van der Waals surface area (Å²) in [6.45, 7) is 5.08. The lowest BCUT2D eigenvalue weighted by Gasteiger charge is -2.27. The maximum atomic E-state index is 12.7. The van der Waals surface area contributed by atoms with Gasteiger partial charge in [0.15, 0.2) is 6.10 Å². The lowest BCUT2D eigenvalue weighted by Crippen LogP contribution is -2.44. The first-order valence-electron chi connectivity index (χ1n) is 6.08. The minimum Gasteiger partial charge on any atom is -0.481 e. The minimum absolute atomic E-state index is 0.211. The van der Waals surface area contributed by atoms with Crippen LogP contribution >= 0.6 is 0 Å². The molecule has 0 bridgehead atoms. The molecule has 0 radical (unpaired) electrons. The van der Waals surface area contributed by atoms with Crippen molar-refractivity contribution in [1.29, 1.82) is 0 Å². The van der Waals surface area contributed by atoms with Crippen molar-refractivity contribution in [3.8, 4) is 5.75 Å². The monoisotopic (exact) mass is 269 g/mol. The first kappa shape index (κ1) is 15.4. The van der Waals surface area contributed by atoms with Crippen LogP contribution in [-0.2, 0) is 4.79 Å². The Morgan fingerprint density at radius 1 is 1.42 bits per heavy atom. The largest absolute Gasteiger partial charge is 0.481 e. The van der Waals surface area contributed by atoms with Gasteiger partial charge in [-0.1, -0.05) is 0 Å². The van der Waals surface area contributed by atoms with Crippen molar-refractivity contribution in [1.82, 2.24) is 4.90 Å². The second kappa shape index (κ2) is 6.02. The molecule has 5 heteroatoms. The van der Waals surface area contributed by atoms with E-state index in [0.717, 1.165) is 0 Å². The molecule has 1 amide bonds. The van der Waals surface area contributed by atoms with Gasteiger partial charge in [0.25, 0.3) is 5.91 Å². The van der Waals surface area contributed by atoms with Crippen LogP contribution in [0.25, 0.3) is 0 Å². The standard InChI is InChI=1S/C14H20FNO3/c1-10(13(17)16(4)9-14(2,3)18)19-12-7-5-11(15)6-8-12/h5-8,10,18H,9H2,1-4H3. The zero-order valence-corrected chi connectivity index (χ0v) is 11.7. The van der Waals surface area contributed by atoms with Gasteiger partial charge in [0, 0.05) is 13.6 Å². The van der Waals surface area contributed by atoms with E-state index in [-0.39, 0.29) is 18.3 Å². The maximum absolute atomic E-state index is 12.7. The Balaban J connectivity index is 2.59. The van der Waals surface area contributed by atoms with Gasteiger partial charge in [-0.15, -0.1) is 0 Å². The van der Waals surface area contributed by atoms with Gasteiger partial charge in [0.05, 0.1) is 5.60 Å². The molecule has 19 heavy (non-hydrogen) atoms. The molecule has 0 spiro atoms. The molecular weight excluding hydrogens is 249 g/mol. The summed E-state index contributed by atoms with van der Waals surface area (Å²) in [6.07, 6.45) is -0.696. The highest BCUT2D eigenvalue weighted by molar-refractivity contribution is 5.80. The molecule has 4 nitrogen and oxygen atoms in total. The van der Waals surface area contributed by atoms with E-state index in [1.807, 2.05) is 0 Å². The topological polar surface area (TPSA) is 49.8 Å². The van der Waals surface area contributed by atoms with Crippen molar-refractivity contribution >= 4 is 5.91 Å². The fraction of sp³-hybridized carbons (Fsp3) is 0.500. The first-order chi connectivity index (χ1) is 8.69. The van der Waals surface area contributed by atoms with Gasteiger partial charge < -0.3 is 14.7 Å². The third kappa shape index (κ3) is 5.26. The fourth-order valence-corrected chi connectivity index (χ4v) is 1.74. The van der Waals surface area contributed by atoms with Crippen LogP contribution in [0.5, 0.6) is 5.75 Å². The van der Waals surface area contributed by atoms with Crippen molar-refractivity contribution in [3.05, 3.63) is 30.1 Å². The average molecular weight is 269 g/mol. The smallest absolute Gasteiger partial charge is 0.263 e. The minimum atomic E-state index is -0.958. The number of hydrogen-bond acceptors (Lipinski definition) is 3. The zero-order chi connectivity index (χ0) is 14.6. The number of likely N-dealkylation sites (N-methyl/N-ethyl adjacent to an activating group) is 1. The van der Waals surface area contributed by atoms with E-state index in [0.29, 0.717) is 5.75 Å². The molecule has 0 aliphatic rings. The lowest BCUT2D eigenvalue weighted by molar-refractivity contribution is -0.139. The van der Waals surface area contributed by atoms with E-state index in [9.17, 15) is 14.3 Å². The molecule has 0 aliphatic carbocycles. The third-order valence-electron chi connectivity index (χ3n) is 2.47. The summed E-state index contributed by atoms with van der Waals surface area (Å²) in [4.78, 5) is 13.4. The Morgan fingerprint density at radius 2 is 1.95 bits per heavy atom. The number of amides is 1. The number of hydrogen-bond donors (Lipinski definition) is 1. The second-order valence-corrected chi connectivity index (χ2v) is 5.22. The normalized spacial score (nSPS) is 12.9. The van der Waals surface area contributed by atoms with E-state index >= 15 is 0 Å².